The number of fused-ring (bicyclic) bond motifs is 1. The number of hydrogen-bond acceptors (Lipinski definition) is 7. The third kappa shape index (κ3) is 4.63. The van der Waals surface area contributed by atoms with E-state index in [0.29, 0.717) is 27.5 Å². The molecule has 2 N–H and O–H groups in total. The summed E-state index contributed by atoms with van der Waals surface area (Å²) >= 11 is 12.0. The molecule has 3 aromatic heterocycles. The lowest BCUT2D eigenvalue weighted by atomic mass is 10.3. The maximum absolute atomic E-state index is 12.9. The minimum Gasteiger partial charge on any atom is -0.489 e. The standard InChI is InChI=1S/C21H21Cl2N5O5/c1-26-18-17(19(30)27(2)21(26)31)28(20(25-18)24-9-14-4-3-7-32-14)10-13(29)11-33-16-6-5-12(22)8-15(16)23/h3-8,13,29H,9-11H2,1-2H3,(H,24,25)/t13-/m0/s1. The van der Waals surface area contributed by atoms with Gasteiger partial charge < -0.3 is 24.1 Å². The highest BCUT2D eigenvalue weighted by molar-refractivity contribution is 6.35. The molecule has 174 valence electrons. The highest BCUT2D eigenvalue weighted by Gasteiger charge is 2.21. The smallest absolute Gasteiger partial charge is 0.332 e. The van der Waals surface area contributed by atoms with Crippen molar-refractivity contribution in [2.75, 3.05) is 11.9 Å². The van der Waals surface area contributed by atoms with Crippen molar-refractivity contribution < 1.29 is 14.3 Å². The van der Waals surface area contributed by atoms with E-state index in [1.54, 1.807) is 30.5 Å². The van der Waals surface area contributed by atoms with E-state index >= 15 is 0 Å². The van der Waals surface area contributed by atoms with Crippen molar-refractivity contribution in [3.05, 3.63) is 73.2 Å². The number of halogens is 2. The van der Waals surface area contributed by atoms with Crippen LogP contribution in [0.4, 0.5) is 5.95 Å². The molecule has 4 rings (SSSR count). The van der Waals surface area contributed by atoms with Gasteiger partial charge in [-0.3, -0.25) is 13.9 Å². The lowest BCUT2D eigenvalue weighted by molar-refractivity contribution is 0.0938. The molecule has 33 heavy (non-hydrogen) atoms. The Hall–Kier alpha value is -3.21. The summed E-state index contributed by atoms with van der Waals surface area (Å²) in [6.45, 7) is 0.151. The fraction of sp³-hybridized carbons (Fsp3) is 0.286. The first kappa shape index (κ1) is 23.0. The molecule has 0 amide bonds. The van der Waals surface area contributed by atoms with Crippen LogP contribution in [0.3, 0.4) is 0 Å². The molecule has 0 aliphatic rings. The van der Waals surface area contributed by atoms with E-state index in [0.717, 1.165) is 4.57 Å². The summed E-state index contributed by atoms with van der Waals surface area (Å²) in [5, 5.41) is 14.6. The Kier molecular flexibility index (Phi) is 6.50. The van der Waals surface area contributed by atoms with Crippen molar-refractivity contribution in [1.29, 1.82) is 0 Å². The Labute approximate surface area is 197 Å². The van der Waals surface area contributed by atoms with E-state index in [1.807, 2.05) is 0 Å². The van der Waals surface area contributed by atoms with E-state index in [9.17, 15) is 14.7 Å². The quantitative estimate of drug-likeness (QED) is 0.387. The molecule has 1 aromatic carbocycles. The van der Waals surface area contributed by atoms with Crippen molar-refractivity contribution in [2.24, 2.45) is 14.1 Å². The summed E-state index contributed by atoms with van der Waals surface area (Å²) in [4.78, 5) is 29.7. The molecule has 3 heterocycles. The number of benzene rings is 1. The van der Waals surface area contributed by atoms with Crippen LogP contribution in [0.25, 0.3) is 11.2 Å². The van der Waals surface area contributed by atoms with Crippen molar-refractivity contribution >= 4 is 40.3 Å². The number of ether oxygens (including phenoxy) is 1. The van der Waals surface area contributed by atoms with Gasteiger partial charge in [-0.2, -0.15) is 4.98 Å². The minimum absolute atomic E-state index is 0.0321. The Morgan fingerprint density at radius 1 is 1.21 bits per heavy atom. The number of hydrogen-bond donors (Lipinski definition) is 2. The normalized spacial score (nSPS) is 12.3. The maximum Gasteiger partial charge on any atom is 0.332 e. The summed E-state index contributed by atoms with van der Waals surface area (Å²) in [5.74, 6) is 1.31. The zero-order chi connectivity index (χ0) is 23.7. The van der Waals surface area contributed by atoms with Gasteiger partial charge in [-0.05, 0) is 30.3 Å². The average molecular weight is 494 g/mol. The summed E-state index contributed by atoms with van der Waals surface area (Å²) in [6.07, 6.45) is 0.517. The second kappa shape index (κ2) is 9.34. The molecule has 0 spiro atoms. The second-order valence-electron chi connectivity index (χ2n) is 7.40. The Bertz CT molecular complexity index is 1410. The van der Waals surface area contributed by atoms with Crippen LogP contribution < -0.4 is 21.3 Å². The van der Waals surface area contributed by atoms with Crippen molar-refractivity contribution in [3.63, 3.8) is 0 Å². The van der Waals surface area contributed by atoms with Crippen LogP contribution in [0.1, 0.15) is 5.76 Å². The first-order chi connectivity index (χ1) is 15.8. The molecule has 0 radical (unpaired) electrons. The van der Waals surface area contributed by atoms with Crippen LogP contribution in [-0.4, -0.2) is 36.5 Å². The Balaban J connectivity index is 1.65. The number of aliphatic hydroxyl groups is 1. The van der Waals surface area contributed by atoms with Gasteiger partial charge in [0.25, 0.3) is 5.56 Å². The van der Waals surface area contributed by atoms with E-state index in [4.69, 9.17) is 32.4 Å². The van der Waals surface area contributed by atoms with Gasteiger partial charge in [-0.15, -0.1) is 0 Å². The molecule has 0 aliphatic heterocycles. The van der Waals surface area contributed by atoms with E-state index in [-0.39, 0.29) is 30.9 Å². The summed E-state index contributed by atoms with van der Waals surface area (Å²) in [7, 11) is 2.92. The van der Waals surface area contributed by atoms with Crippen LogP contribution in [-0.2, 0) is 27.2 Å². The van der Waals surface area contributed by atoms with Crippen LogP contribution in [0.15, 0.2) is 50.6 Å². The monoisotopic (exact) mass is 493 g/mol. The summed E-state index contributed by atoms with van der Waals surface area (Å²) in [6, 6.07) is 8.30. The van der Waals surface area contributed by atoms with E-state index in [2.05, 4.69) is 10.3 Å². The SMILES string of the molecule is Cn1c(=O)c2c(nc(NCc3ccco3)n2C[C@H](O)COc2ccc(Cl)cc2Cl)n(C)c1=O. The molecular weight excluding hydrogens is 473 g/mol. The van der Waals surface area contributed by atoms with Gasteiger partial charge in [-0.1, -0.05) is 23.2 Å². The lowest BCUT2D eigenvalue weighted by Gasteiger charge is -2.16. The summed E-state index contributed by atoms with van der Waals surface area (Å²) in [5.41, 5.74) is -0.666. The average Bonchev–Trinajstić information content (AvgIpc) is 3.42. The van der Waals surface area contributed by atoms with Gasteiger partial charge in [0.1, 0.15) is 24.2 Å². The first-order valence-corrected chi connectivity index (χ1v) is 10.7. The number of aliphatic hydroxyl groups excluding tert-OH is 1. The van der Waals surface area contributed by atoms with Crippen LogP contribution in [0, 0.1) is 0 Å². The zero-order valence-corrected chi connectivity index (χ0v) is 19.3. The number of imidazole rings is 1. The third-order valence-corrected chi connectivity index (χ3v) is 5.60. The number of rotatable bonds is 8. The van der Waals surface area contributed by atoms with Gasteiger partial charge >= 0.3 is 5.69 Å². The fourth-order valence-electron chi connectivity index (χ4n) is 3.38. The van der Waals surface area contributed by atoms with E-state index in [1.165, 1.54) is 29.3 Å². The molecule has 0 aliphatic carbocycles. The van der Waals surface area contributed by atoms with Crippen LogP contribution >= 0.6 is 23.2 Å². The zero-order valence-electron chi connectivity index (χ0n) is 17.8. The Morgan fingerprint density at radius 2 is 2.00 bits per heavy atom. The van der Waals surface area contributed by atoms with Crippen molar-refractivity contribution in [3.8, 4) is 5.75 Å². The van der Waals surface area contributed by atoms with Crippen molar-refractivity contribution in [2.45, 2.75) is 19.2 Å². The number of aromatic nitrogens is 4. The number of aryl methyl sites for hydroxylation is 1. The molecule has 0 fully saturated rings. The number of furan rings is 1. The van der Waals surface area contributed by atoms with Gasteiger partial charge in [0.15, 0.2) is 11.2 Å². The Morgan fingerprint density at radius 3 is 2.70 bits per heavy atom. The molecule has 10 nitrogen and oxygen atoms in total. The number of nitrogens with one attached hydrogen (secondary N) is 1. The molecule has 4 aromatic rings. The van der Waals surface area contributed by atoms with Gasteiger partial charge in [0.05, 0.1) is 24.4 Å². The highest BCUT2D eigenvalue weighted by Crippen LogP contribution is 2.27. The largest absolute Gasteiger partial charge is 0.489 e. The molecule has 0 unspecified atom stereocenters. The molecule has 0 bridgehead atoms. The van der Waals surface area contributed by atoms with Crippen molar-refractivity contribution in [1.82, 2.24) is 18.7 Å². The molecule has 0 saturated carbocycles. The lowest BCUT2D eigenvalue weighted by Crippen LogP contribution is -2.38. The van der Waals surface area contributed by atoms with Crippen LogP contribution in [0.5, 0.6) is 5.75 Å². The van der Waals surface area contributed by atoms with E-state index < -0.39 is 17.4 Å². The van der Waals surface area contributed by atoms with Gasteiger partial charge in [0, 0.05) is 19.1 Å². The minimum atomic E-state index is -1.03. The van der Waals surface area contributed by atoms with Gasteiger partial charge in [0.2, 0.25) is 5.95 Å². The number of anilines is 1. The number of nitrogens with zero attached hydrogens (tertiary/aromatic N) is 4. The molecular formula is C21H21Cl2N5O5. The third-order valence-electron chi connectivity index (χ3n) is 5.07. The van der Waals surface area contributed by atoms with Crippen LogP contribution in [0.2, 0.25) is 10.0 Å². The second-order valence-corrected chi connectivity index (χ2v) is 8.24. The summed E-state index contributed by atoms with van der Waals surface area (Å²) < 4.78 is 14.8. The predicted molar refractivity (Wildman–Crippen MR) is 124 cm³/mol. The topological polar surface area (TPSA) is 116 Å². The molecule has 12 heteroatoms. The fourth-order valence-corrected chi connectivity index (χ4v) is 3.84. The predicted octanol–water partition coefficient (Wildman–Crippen LogP) is 2.39. The maximum atomic E-state index is 12.9. The molecule has 1 atom stereocenters. The highest BCUT2D eigenvalue weighted by atomic mass is 35.5. The van der Waals surface area contributed by atoms with Gasteiger partial charge in [-0.25, -0.2) is 4.79 Å². The first-order valence-electron chi connectivity index (χ1n) is 9.94. The molecule has 0 saturated heterocycles.